The van der Waals surface area contributed by atoms with Gasteiger partial charge in [-0.1, -0.05) is 0 Å². The molecule has 0 saturated heterocycles. The van der Waals surface area contributed by atoms with Gasteiger partial charge in [0.25, 0.3) is 6.47 Å². The highest BCUT2D eigenvalue weighted by molar-refractivity contribution is 5.79. The van der Waals surface area contributed by atoms with E-state index >= 15 is 0 Å². The van der Waals surface area contributed by atoms with Gasteiger partial charge in [0.1, 0.15) is 23.1 Å². The molecule has 7 nitrogen and oxygen atoms in total. The van der Waals surface area contributed by atoms with Gasteiger partial charge in [0.05, 0.1) is 7.11 Å². The summed E-state index contributed by atoms with van der Waals surface area (Å²) in [6.45, 7) is 2.77. The first-order valence-corrected chi connectivity index (χ1v) is 9.25. The van der Waals surface area contributed by atoms with E-state index in [0.29, 0.717) is 16.9 Å². The number of hydrogen-bond donors (Lipinski definition) is 2. The number of ether oxygens (including phenoxy) is 1. The topological polar surface area (TPSA) is 87.8 Å². The maximum atomic E-state index is 13.4. The average molecular weight is 415 g/mol. The average Bonchev–Trinajstić information content (AvgIpc) is 3.18. The highest BCUT2D eigenvalue weighted by atomic mass is 19.1. The predicted molar refractivity (Wildman–Crippen MR) is 113 cm³/mol. The van der Waals surface area contributed by atoms with Gasteiger partial charge in [-0.25, -0.2) is 9.37 Å². The van der Waals surface area contributed by atoms with Gasteiger partial charge < -0.3 is 24.4 Å². The minimum absolute atomic E-state index is 0.130. The Morgan fingerprint density at radius 3 is 2.53 bits per heavy atom. The van der Waals surface area contributed by atoms with Crippen molar-refractivity contribution in [3.8, 4) is 34.0 Å². The number of aromatic hydroxyl groups is 1. The first kappa shape index (κ1) is 22.9. The lowest BCUT2D eigenvalue weighted by atomic mass is 10.0. The van der Waals surface area contributed by atoms with Gasteiger partial charge in [-0.05, 0) is 51.4 Å². The van der Waals surface area contributed by atoms with Gasteiger partial charge >= 0.3 is 0 Å². The third-order valence-corrected chi connectivity index (χ3v) is 4.48. The van der Waals surface area contributed by atoms with Crippen molar-refractivity contribution in [1.29, 1.82) is 0 Å². The molecule has 2 N–H and O–H groups in total. The first-order chi connectivity index (χ1) is 14.3. The van der Waals surface area contributed by atoms with Gasteiger partial charge in [0, 0.05) is 47.7 Å². The van der Waals surface area contributed by atoms with Crippen molar-refractivity contribution < 1.29 is 24.1 Å². The highest BCUT2D eigenvalue weighted by Crippen LogP contribution is 2.38. The van der Waals surface area contributed by atoms with Crippen molar-refractivity contribution in [2.24, 2.45) is 0 Å². The standard InChI is InChI=1S/C21H24FN3O2.CH2O2/c1-14(13-24(2)3)25-10-9-23-21(25)15-5-8-20(27-4)18(11-15)17-7-6-16(22)12-19(17)26;2-1-3/h5-12,14,26H,13H2,1-4H3;1H,(H,2,3). The molecular weight excluding hydrogens is 389 g/mol. The highest BCUT2D eigenvalue weighted by Gasteiger charge is 2.17. The Morgan fingerprint density at radius 1 is 1.23 bits per heavy atom. The molecule has 0 fully saturated rings. The van der Waals surface area contributed by atoms with Crippen LogP contribution < -0.4 is 4.74 Å². The molecule has 30 heavy (non-hydrogen) atoms. The van der Waals surface area contributed by atoms with E-state index in [2.05, 4.69) is 21.4 Å². The van der Waals surface area contributed by atoms with E-state index in [9.17, 15) is 9.50 Å². The molecule has 3 aromatic rings. The number of benzene rings is 2. The third kappa shape index (κ3) is 5.36. The second kappa shape index (κ2) is 10.4. The summed E-state index contributed by atoms with van der Waals surface area (Å²) in [6, 6.07) is 9.89. The number of imidazole rings is 1. The van der Waals surface area contributed by atoms with Crippen LogP contribution >= 0.6 is 0 Å². The van der Waals surface area contributed by atoms with Crippen LogP contribution in [0.1, 0.15) is 13.0 Å². The van der Waals surface area contributed by atoms with Gasteiger partial charge in [-0.2, -0.15) is 0 Å². The third-order valence-electron chi connectivity index (χ3n) is 4.48. The number of methoxy groups -OCH3 is 1. The molecule has 1 heterocycles. The van der Waals surface area contributed by atoms with E-state index in [1.165, 1.54) is 6.07 Å². The van der Waals surface area contributed by atoms with E-state index in [0.717, 1.165) is 24.0 Å². The van der Waals surface area contributed by atoms with Crippen molar-refractivity contribution in [3.63, 3.8) is 0 Å². The van der Waals surface area contributed by atoms with Crippen molar-refractivity contribution in [2.45, 2.75) is 13.0 Å². The number of aromatic nitrogens is 2. The molecule has 1 unspecified atom stereocenters. The molecule has 0 radical (unpaired) electrons. The molecule has 1 atom stereocenters. The molecular formula is C22H26FN3O4. The molecule has 8 heteroatoms. The monoisotopic (exact) mass is 415 g/mol. The summed E-state index contributed by atoms with van der Waals surface area (Å²) in [5.41, 5.74) is 2.09. The quantitative estimate of drug-likeness (QED) is 0.594. The number of phenols is 1. The Labute approximate surface area is 175 Å². The number of halogens is 1. The molecule has 3 rings (SSSR count). The summed E-state index contributed by atoms with van der Waals surface area (Å²) in [7, 11) is 5.64. The molecule has 0 bridgehead atoms. The van der Waals surface area contributed by atoms with E-state index in [1.807, 2.05) is 38.5 Å². The SMILES string of the molecule is COc1ccc(-c2nccn2C(C)CN(C)C)cc1-c1ccc(F)cc1O.O=CO. The molecule has 0 amide bonds. The number of nitrogens with zero attached hydrogens (tertiary/aromatic N) is 3. The van der Waals surface area contributed by atoms with Crippen molar-refractivity contribution in [1.82, 2.24) is 14.5 Å². The molecule has 0 aliphatic rings. The normalized spacial score (nSPS) is 11.5. The summed E-state index contributed by atoms with van der Waals surface area (Å²) in [6.07, 6.45) is 3.74. The van der Waals surface area contributed by atoms with Crippen LogP contribution in [0.3, 0.4) is 0 Å². The lowest BCUT2D eigenvalue weighted by molar-refractivity contribution is -0.122. The summed E-state index contributed by atoms with van der Waals surface area (Å²) < 4.78 is 21.0. The van der Waals surface area contributed by atoms with Crippen LogP contribution in [-0.4, -0.2) is 58.9 Å². The zero-order chi connectivity index (χ0) is 22.3. The minimum Gasteiger partial charge on any atom is -0.507 e. The number of likely N-dealkylation sites (N-methyl/N-ethyl adjacent to an activating group) is 1. The maximum Gasteiger partial charge on any atom is 0.290 e. The number of hydrogen-bond acceptors (Lipinski definition) is 5. The van der Waals surface area contributed by atoms with Crippen LogP contribution in [0.2, 0.25) is 0 Å². The summed E-state index contributed by atoms with van der Waals surface area (Å²) in [5, 5.41) is 17.1. The summed E-state index contributed by atoms with van der Waals surface area (Å²) in [4.78, 5) is 15.0. The van der Waals surface area contributed by atoms with Crippen molar-refractivity contribution in [3.05, 3.63) is 54.6 Å². The van der Waals surface area contributed by atoms with E-state index in [-0.39, 0.29) is 18.3 Å². The smallest absolute Gasteiger partial charge is 0.290 e. The lowest BCUT2D eigenvalue weighted by Crippen LogP contribution is -2.22. The van der Waals surface area contributed by atoms with Gasteiger partial charge in [0.2, 0.25) is 0 Å². The molecule has 0 spiro atoms. The Bertz CT molecular complexity index is 988. The van der Waals surface area contributed by atoms with Crippen LogP contribution in [-0.2, 0) is 4.79 Å². The van der Waals surface area contributed by atoms with Gasteiger partial charge in [-0.15, -0.1) is 0 Å². The van der Waals surface area contributed by atoms with Crippen LogP contribution in [0.5, 0.6) is 11.5 Å². The molecule has 0 saturated carbocycles. The van der Waals surface area contributed by atoms with Crippen molar-refractivity contribution >= 4 is 6.47 Å². The first-order valence-electron chi connectivity index (χ1n) is 9.25. The number of carbonyl (C=O) groups is 1. The fourth-order valence-corrected chi connectivity index (χ4v) is 3.30. The summed E-state index contributed by atoms with van der Waals surface area (Å²) >= 11 is 0. The number of rotatable bonds is 6. The Morgan fingerprint density at radius 2 is 1.93 bits per heavy atom. The molecule has 0 aliphatic heterocycles. The van der Waals surface area contributed by atoms with Crippen LogP contribution in [0.15, 0.2) is 48.8 Å². The fraction of sp³-hybridized carbons (Fsp3) is 0.273. The fourth-order valence-electron chi connectivity index (χ4n) is 3.30. The molecule has 2 aromatic carbocycles. The van der Waals surface area contributed by atoms with Crippen LogP contribution in [0, 0.1) is 5.82 Å². The van der Waals surface area contributed by atoms with E-state index in [1.54, 1.807) is 19.4 Å². The van der Waals surface area contributed by atoms with E-state index < -0.39 is 5.82 Å². The second-order valence-electron chi connectivity index (χ2n) is 6.95. The Balaban J connectivity index is 0.00000101. The number of carboxylic acid groups (broad SMARTS) is 1. The summed E-state index contributed by atoms with van der Waals surface area (Å²) in [5.74, 6) is 0.809. The zero-order valence-corrected chi connectivity index (χ0v) is 17.4. The number of phenolic OH excluding ortho intramolecular Hbond substituents is 1. The second-order valence-corrected chi connectivity index (χ2v) is 6.95. The largest absolute Gasteiger partial charge is 0.507 e. The molecule has 0 aliphatic carbocycles. The maximum absolute atomic E-state index is 13.4. The Kier molecular flexibility index (Phi) is 7.94. The Hall–Kier alpha value is -3.39. The molecule has 1 aromatic heterocycles. The van der Waals surface area contributed by atoms with Crippen molar-refractivity contribution in [2.75, 3.05) is 27.7 Å². The van der Waals surface area contributed by atoms with Gasteiger partial charge in [0.15, 0.2) is 0 Å². The minimum atomic E-state index is -0.487. The van der Waals surface area contributed by atoms with Crippen LogP contribution in [0.25, 0.3) is 22.5 Å². The lowest BCUT2D eigenvalue weighted by Gasteiger charge is -2.21. The van der Waals surface area contributed by atoms with Crippen LogP contribution in [0.4, 0.5) is 4.39 Å². The molecule has 160 valence electrons. The van der Waals surface area contributed by atoms with E-state index in [4.69, 9.17) is 14.6 Å². The zero-order valence-electron chi connectivity index (χ0n) is 17.4. The van der Waals surface area contributed by atoms with Gasteiger partial charge in [-0.3, -0.25) is 4.79 Å². The predicted octanol–water partition coefficient (Wildman–Crippen LogP) is 3.89.